The van der Waals surface area contributed by atoms with Gasteiger partial charge in [-0.05, 0) is 37.1 Å². The Hall–Kier alpha value is -2.04. The number of primary amides is 1. The van der Waals surface area contributed by atoms with E-state index in [0.717, 1.165) is 24.2 Å². The quantitative estimate of drug-likeness (QED) is 0.730. The Balaban J connectivity index is 2.03. The highest BCUT2D eigenvalue weighted by Gasteiger charge is 2.15. The van der Waals surface area contributed by atoms with Gasteiger partial charge in [0.15, 0.2) is 0 Å². The van der Waals surface area contributed by atoms with Crippen LogP contribution in [0.5, 0.6) is 0 Å². The van der Waals surface area contributed by atoms with Gasteiger partial charge in [0.1, 0.15) is 0 Å². The highest BCUT2D eigenvalue weighted by Crippen LogP contribution is 2.22. The number of fused-ring (bicyclic) bond motifs is 1. The van der Waals surface area contributed by atoms with Gasteiger partial charge >= 0.3 is 0 Å². The lowest BCUT2D eigenvalue weighted by atomic mass is 10.1. The predicted octanol–water partition coefficient (Wildman–Crippen LogP) is 0.648. The Morgan fingerprint density at radius 1 is 1.50 bits per heavy atom. The third kappa shape index (κ3) is 2.80. The van der Waals surface area contributed by atoms with Crippen LogP contribution in [0, 0.1) is 0 Å². The molecule has 96 valence electrons. The summed E-state index contributed by atoms with van der Waals surface area (Å²) in [6.07, 6.45) is 1.09. The molecule has 0 spiro atoms. The zero-order valence-corrected chi connectivity index (χ0v) is 10.3. The zero-order valence-electron chi connectivity index (χ0n) is 10.3. The molecular formula is C13H17N3O2. The molecule has 0 saturated heterocycles. The highest BCUT2D eigenvalue weighted by molar-refractivity contribution is 5.95. The number of hydrogen-bond acceptors (Lipinski definition) is 3. The summed E-state index contributed by atoms with van der Waals surface area (Å²) in [4.78, 5) is 22.7. The van der Waals surface area contributed by atoms with Crippen molar-refractivity contribution >= 4 is 17.5 Å². The van der Waals surface area contributed by atoms with Crippen molar-refractivity contribution < 1.29 is 9.59 Å². The van der Waals surface area contributed by atoms with E-state index < -0.39 is 5.91 Å². The van der Waals surface area contributed by atoms with Gasteiger partial charge in [0.2, 0.25) is 5.91 Å². The number of anilines is 1. The van der Waals surface area contributed by atoms with Crippen molar-refractivity contribution in [1.82, 2.24) is 5.32 Å². The van der Waals surface area contributed by atoms with Crippen molar-refractivity contribution in [2.45, 2.75) is 25.8 Å². The minimum Gasteiger partial charge on any atom is -0.384 e. The zero-order chi connectivity index (χ0) is 13.1. The van der Waals surface area contributed by atoms with E-state index in [1.165, 1.54) is 0 Å². The van der Waals surface area contributed by atoms with E-state index >= 15 is 0 Å². The smallest absolute Gasteiger partial charge is 0.251 e. The third-order valence-electron chi connectivity index (χ3n) is 2.96. The maximum Gasteiger partial charge on any atom is 0.251 e. The summed E-state index contributed by atoms with van der Waals surface area (Å²) in [7, 11) is 0. The van der Waals surface area contributed by atoms with E-state index in [1.807, 2.05) is 12.1 Å². The molecule has 1 aromatic rings. The minimum atomic E-state index is -0.416. The SMILES string of the molecule is CC(CC(N)=O)NC(=O)c1ccc2c(c1)CCN2. The molecule has 18 heavy (non-hydrogen) atoms. The van der Waals surface area contributed by atoms with Gasteiger partial charge in [-0.25, -0.2) is 0 Å². The molecule has 1 atom stereocenters. The van der Waals surface area contributed by atoms with Crippen molar-refractivity contribution in [3.63, 3.8) is 0 Å². The number of rotatable bonds is 4. The van der Waals surface area contributed by atoms with Gasteiger partial charge in [-0.15, -0.1) is 0 Å². The molecular weight excluding hydrogens is 230 g/mol. The lowest BCUT2D eigenvalue weighted by Gasteiger charge is -2.12. The summed E-state index contributed by atoms with van der Waals surface area (Å²) >= 11 is 0. The van der Waals surface area contributed by atoms with Crippen molar-refractivity contribution in [2.24, 2.45) is 5.73 Å². The molecule has 2 amide bonds. The van der Waals surface area contributed by atoms with Gasteiger partial charge in [0.25, 0.3) is 5.91 Å². The van der Waals surface area contributed by atoms with Crippen molar-refractivity contribution in [3.8, 4) is 0 Å². The number of carbonyl (C=O) groups excluding carboxylic acids is 2. The molecule has 2 rings (SSSR count). The summed E-state index contributed by atoms with van der Waals surface area (Å²) in [6.45, 7) is 2.68. The molecule has 0 aliphatic carbocycles. The van der Waals surface area contributed by atoms with Gasteiger partial charge in [-0.1, -0.05) is 0 Å². The number of hydrogen-bond donors (Lipinski definition) is 3. The van der Waals surface area contributed by atoms with Crippen LogP contribution >= 0.6 is 0 Å². The van der Waals surface area contributed by atoms with Crippen LogP contribution in [-0.4, -0.2) is 24.4 Å². The van der Waals surface area contributed by atoms with Crippen LogP contribution in [0.2, 0.25) is 0 Å². The second-order valence-corrected chi connectivity index (χ2v) is 4.59. The average Bonchev–Trinajstić information content (AvgIpc) is 2.74. The number of nitrogens with two attached hydrogens (primary N) is 1. The van der Waals surface area contributed by atoms with Crippen LogP contribution < -0.4 is 16.4 Å². The molecule has 5 heteroatoms. The normalized spacial score (nSPS) is 14.5. The number of nitrogens with one attached hydrogen (secondary N) is 2. The van der Waals surface area contributed by atoms with E-state index in [1.54, 1.807) is 13.0 Å². The number of carbonyl (C=O) groups is 2. The predicted molar refractivity (Wildman–Crippen MR) is 69.4 cm³/mol. The Bertz CT molecular complexity index is 485. The molecule has 0 radical (unpaired) electrons. The summed E-state index contributed by atoms with van der Waals surface area (Å²) < 4.78 is 0. The Morgan fingerprint density at radius 2 is 2.28 bits per heavy atom. The standard InChI is InChI=1S/C13H17N3O2/c1-8(6-12(14)17)16-13(18)10-2-3-11-9(7-10)4-5-15-11/h2-3,7-8,15H,4-6H2,1H3,(H2,14,17)(H,16,18). The Labute approximate surface area is 106 Å². The topological polar surface area (TPSA) is 84.2 Å². The van der Waals surface area contributed by atoms with Gasteiger partial charge in [0, 0.05) is 30.3 Å². The maximum absolute atomic E-state index is 12.0. The maximum atomic E-state index is 12.0. The highest BCUT2D eigenvalue weighted by atomic mass is 16.2. The van der Waals surface area contributed by atoms with Crippen LogP contribution in [0.15, 0.2) is 18.2 Å². The van der Waals surface area contributed by atoms with Crippen molar-refractivity contribution in [1.29, 1.82) is 0 Å². The molecule has 4 N–H and O–H groups in total. The van der Waals surface area contributed by atoms with Crippen molar-refractivity contribution in [3.05, 3.63) is 29.3 Å². The van der Waals surface area contributed by atoms with Gasteiger partial charge in [-0.3, -0.25) is 9.59 Å². The van der Waals surface area contributed by atoms with Crippen LogP contribution in [0.3, 0.4) is 0 Å². The Morgan fingerprint density at radius 3 is 3.00 bits per heavy atom. The van der Waals surface area contributed by atoms with E-state index in [-0.39, 0.29) is 18.4 Å². The number of amides is 2. The van der Waals surface area contributed by atoms with Gasteiger partial charge < -0.3 is 16.4 Å². The van der Waals surface area contributed by atoms with Crippen LogP contribution in [0.25, 0.3) is 0 Å². The van der Waals surface area contributed by atoms with Crippen LogP contribution in [-0.2, 0) is 11.2 Å². The molecule has 0 fully saturated rings. The summed E-state index contributed by atoms with van der Waals surface area (Å²) in [5.74, 6) is -0.584. The lowest BCUT2D eigenvalue weighted by molar-refractivity contribution is -0.118. The molecule has 0 saturated carbocycles. The first-order valence-corrected chi connectivity index (χ1v) is 6.02. The second-order valence-electron chi connectivity index (χ2n) is 4.59. The third-order valence-corrected chi connectivity index (χ3v) is 2.96. The largest absolute Gasteiger partial charge is 0.384 e. The van der Waals surface area contributed by atoms with Crippen molar-refractivity contribution in [2.75, 3.05) is 11.9 Å². The van der Waals surface area contributed by atoms with Crippen LogP contribution in [0.1, 0.15) is 29.3 Å². The first kappa shape index (κ1) is 12.4. The van der Waals surface area contributed by atoms with E-state index in [9.17, 15) is 9.59 Å². The fourth-order valence-electron chi connectivity index (χ4n) is 2.11. The van der Waals surface area contributed by atoms with E-state index in [0.29, 0.717) is 5.56 Å². The second kappa shape index (κ2) is 5.08. The van der Waals surface area contributed by atoms with Gasteiger partial charge in [-0.2, -0.15) is 0 Å². The van der Waals surface area contributed by atoms with Gasteiger partial charge in [0.05, 0.1) is 0 Å². The fourth-order valence-corrected chi connectivity index (χ4v) is 2.11. The first-order valence-electron chi connectivity index (χ1n) is 6.02. The molecule has 1 aliphatic heterocycles. The summed E-state index contributed by atoms with van der Waals surface area (Å²) in [6, 6.07) is 5.34. The molecule has 1 heterocycles. The van der Waals surface area contributed by atoms with E-state index in [4.69, 9.17) is 5.73 Å². The average molecular weight is 247 g/mol. The van der Waals surface area contributed by atoms with Crippen LogP contribution in [0.4, 0.5) is 5.69 Å². The molecule has 0 aromatic heterocycles. The molecule has 1 unspecified atom stereocenters. The van der Waals surface area contributed by atoms with E-state index in [2.05, 4.69) is 10.6 Å². The minimum absolute atomic E-state index is 0.151. The lowest BCUT2D eigenvalue weighted by Crippen LogP contribution is -2.35. The number of benzene rings is 1. The molecule has 0 bridgehead atoms. The molecule has 5 nitrogen and oxygen atoms in total. The summed E-state index contributed by atoms with van der Waals surface area (Å²) in [5, 5.41) is 6.00. The first-order chi connectivity index (χ1) is 8.56. The Kier molecular flexibility index (Phi) is 3.50. The summed E-state index contributed by atoms with van der Waals surface area (Å²) in [5.41, 5.74) is 7.95. The fraction of sp³-hybridized carbons (Fsp3) is 0.385. The molecule has 1 aliphatic rings. The molecule has 1 aromatic carbocycles. The monoisotopic (exact) mass is 247 g/mol.